The van der Waals surface area contributed by atoms with Crippen LogP contribution in [0, 0.1) is 20.8 Å². The van der Waals surface area contributed by atoms with Crippen LogP contribution in [0.5, 0.6) is 0 Å². The first kappa shape index (κ1) is 27.6. The molecule has 5 rings (SSSR count). The van der Waals surface area contributed by atoms with Crippen molar-refractivity contribution in [2.24, 2.45) is 0 Å². The predicted molar refractivity (Wildman–Crippen MR) is 162 cm³/mol. The Balaban J connectivity index is 1.52. The minimum absolute atomic E-state index is 0.165. The molecule has 0 aliphatic carbocycles. The molecule has 0 saturated carbocycles. The van der Waals surface area contributed by atoms with Gasteiger partial charge in [-0.15, -0.1) is 0 Å². The zero-order chi connectivity index (χ0) is 28.6. The third-order valence-electron chi connectivity index (χ3n) is 8.26. The minimum atomic E-state index is -0.196. The van der Waals surface area contributed by atoms with Gasteiger partial charge >= 0.3 is 0 Å². The minimum Gasteiger partial charge on any atom is -0.354 e. The van der Waals surface area contributed by atoms with Gasteiger partial charge in [-0.1, -0.05) is 6.92 Å². The number of likely N-dealkylation sites (N-methyl/N-ethyl adjacent to an activating group) is 1. The van der Waals surface area contributed by atoms with Crippen molar-refractivity contribution in [2.45, 2.75) is 53.6 Å². The molecule has 1 atom stereocenters. The summed E-state index contributed by atoms with van der Waals surface area (Å²) < 4.78 is 2.27. The molecule has 4 aromatic rings. The Morgan fingerprint density at radius 2 is 1.80 bits per heavy atom. The smallest absolute Gasteiger partial charge is 0.253 e. The van der Waals surface area contributed by atoms with Gasteiger partial charge in [0.2, 0.25) is 0 Å². The number of rotatable bonds is 7. The summed E-state index contributed by atoms with van der Waals surface area (Å²) in [7, 11) is 2.15. The quantitative estimate of drug-likeness (QED) is 0.346. The molecule has 1 amide bonds. The van der Waals surface area contributed by atoms with Crippen molar-refractivity contribution in [2.75, 3.05) is 38.1 Å². The largest absolute Gasteiger partial charge is 0.354 e. The second kappa shape index (κ2) is 11.3. The lowest BCUT2D eigenvalue weighted by molar-refractivity contribution is 0.0952. The van der Waals surface area contributed by atoms with Crippen molar-refractivity contribution < 1.29 is 4.79 Å². The van der Waals surface area contributed by atoms with Gasteiger partial charge in [-0.3, -0.25) is 9.59 Å². The Bertz CT molecular complexity index is 1590. The van der Waals surface area contributed by atoms with Crippen molar-refractivity contribution in [3.63, 3.8) is 0 Å². The molecular formula is C32H40N6O2. The molecule has 1 saturated heterocycles. The van der Waals surface area contributed by atoms with E-state index in [-0.39, 0.29) is 24.1 Å². The van der Waals surface area contributed by atoms with Crippen LogP contribution in [-0.4, -0.2) is 58.6 Å². The Kier molecular flexibility index (Phi) is 7.81. The lowest BCUT2D eigenvalue weighted by Crippen LogP contribution is -2.44. The molecule has 0 bridgehead atoms. The first-order valence-corrected chi connectivity index (χ1v) is 14.2. The number of benzene rings is 1. The van der Waals surface area contributed by atoms with Crippen molar-refractivity contribution in [3.8, 4) is 11.1 Å². The lowest BCUT2D eigenvalue weighted by Gasteiger charge is -2.33. The maximum absolute atomic E-state index is 13.7. The first-order valence-electron chi connectivity index (χ1n) is 14.2. The number of nitrogens with one attached hydrogen (secondary N) is 2. The molecule has 3 aromatic heterocycles. The molecule has 1 unspecified atom stereocenters. The van der Waals surface area contributed by atoms with E-state index in [1.165, 1.54) is 0 Å². The van der Waals surface area contributed by atoms with Crippen molar-refractivity contribution >= 4 is 22.6 Å². The molecule has 0 radical (unpaired) electrons. The number of hydrogen-bond acceptors (Lipinski definition) is 5. The highest BCUT2D eigenvalue weighted by Crippen LogP contribution is 2.34. The zero-order valence-electron chi connectivity index (χ0n) is 24.5. The van der Waals surface area contributed by atoms with Crippen LogP contribution in [-0.2, 0) is 6.54 Å². The van der Waals surface area contributed by atoms with Gasteiger partial charge in [-0.2, -0.15) is 0 Å². The molecule has 8 nitrogen and oxygen atoms in total. The van der Waals surface area contributed by atoms with E-state index in [9.17, 15) is 9.59 Å². The second-order valence-corrected chi connectivity index (χ2v) is 11.2. The van der Waals surface area contributed by atoms with Gasteiger partial charge < -0.3 is 24.7 Å². The number of piperazine rings is 1. The molecule has 40 heavy (non-hydrogen) atoms. The normalized spacial score (nSPS) is 15.0. The summed E-state index contributed by atoms with van der Waals surface area (Å²) in [6.45, 7) is 14.3. The molecule has 8 heteroatoms. The Hall–Kier alpha value is -3.91. The van der Waals surface area contributed by atoms with Crippen molar-refractivity contribution in [1.29, 1.82) is 0 Å². The summed E-state index contributed by atoms with van der Waals surface area (Å²) in [6, 6.07) is 10.5. The van der Waals surface area contributed by atoms with Gasteiger partial charge in [-0.25, -0.2) is 4.98 Å². The van der Waals surface area contributed by atoms with E-state index in [1.807, 2.05) is 32.2 Å². The van der Waals surface area contributed by atoms with E-state index < -0.39 is 0 Å². The van der Waals surface area contributed by atoms with E-state index in [4.69, 9.17) is 4.98 Å². The third-order valence-corrected chi connectivity index (χ3v) is 8.26. The Labute approximate surface area is 236 Å². The number of aromatic nitrogens is 3. The van der Waals surface area contributed by atoms with Crippen LogP contribution in [0.3, 0.4) is 0 Å². The molecule has 1 aromatic carbocycles. The number of H-pyrrole nitrogens is 1. The van der Waals surface area contributed by atoms with Gasteiger partial charge in [0.15, 0.2) is 0 Å². The number of anilines is 1. The third kappa shape index (κ3) is 5.41. The summed E-state index contributed by atoms with van der Waals surface area (Å²) in [5, 5.41) is 3.97. The van der Waals surface area contributed by atoms with Crippen molar-refractivity contribution in [3.05, 3.63) is 81.0 Å². The molecular weight excluding hydrogens is 500 g/mol. The second-order valence-electron chi connectivity index (χ2n) is 11.2. The highest BCUT2D eigenvalue weighted by molar-refractivity contribution is 6.09. The number of nitrogens with zero attached hydrogens (tertiary/aromatic N) is 4. The van der Waals surface area contributed by atoms with Crippen LogP contribution < -0.4 is 15.8 Å². The average molecular weight is 541 g/mol. The Morgan fingerprint density at radius 1 is 1.05 bits per heavy atom. The standard InChI is InChI=1S/C32H40N6O2/c1-7-23(5)38-19-21(3)30-26(31(39)34-18-27-20(2)14-22(4)35-32(27)40)15-25(16-28(30)38)24-8-9-29(33-17-24)37-12-10-36(6)11-13-37/h8-9,14-17,19,23H,7,10-13,18H2,1-6H3,(H,34,39)(H,35,40). The van der Waals surface area contributed by atoms with Gasteiger partial charge in [0, 0.05) is 84.4 Å². The van der Waals surface area contributed by atoms with E-state index in [0.717, 1.165) is 77.3 Å². The van der Waals surface area contributed by atoms with E-state index in [2.05, 4.69) is 76.9 Å². The van der Waals surface area contributed by atoms with Crippen molar-refractivity contribution in [1.82, 2.24) is 24.8 Å². The topological polar surface area (TPSA) is 86.3 Å². The average Bonchev–Trinajstić information content (AvgIpc) is 3.28. The van der Waals surface area contributed by atoms with Gasteiger partial charge in [0.05, 0.1) is 0 Å². The molecule has 210 valence electrons. The predicted octanol–water partition coefficient (Wildman–Crippen LogP) is 4.97. The maximum Gasteiger partial charge on any atom is 0.253 e. The summed E-state index contributed by atoms with van der Waals surface area (Å²) in [4.78, 5) is 38.6. The van der Waals surface area contributed by atoms with Gasteiger partial charge in [-0.05, 0) is 88.2 Å². The monoisotopic (exact) mass is 540 g/mol. The first-order chi connectivity index (χ1) is 19.2. The fraction of sp³-hybridized carbons (Fsp3) is 0.406. The number of hydrogen-bond donors (Lipinski definition) is 2. The number of carbonyl (C=O) groups is 1. The highest BCUT2D eigenvalue weighted by atomic mass is 16.1. The van der Waals surface area contributed by atoms with Crippen LogP contribution in [0.1, 0.15) is 59.1 Å². The number of aryl methyl sites for hydroxylation is 3. The number of fused-ring (bicyclic) bond motifs is 1. The van der Waals surface area contributed by atoms with Crippen LogP contribution in [0.2, 0.25) is 0 Å². The molecule has 1 aliphatic heterocycles. The van der Waals surface area contributed by atoms with Crippen LogP contribution in [0.4, 0.5) is 5.82 Å². The van der Waals surface area contributed by atoms with E-state index in [0.29, 0.717) is 11.1 Å². The Morgan fingerprint density at radius 3 is 2.45 bits per heavy atom. The summed E-state index contributed by atoms with van der Waals surface area (Å²) in [5.41, 5.74) is 6.69. The van der Waals surface area contributed by atoms with E-state index >= 15 is 0 Å². The van der Waals surface area contributed by atoms with Gasteiger partial charge in [0.25, 0.3) is 11.5 Å². The number of pyridine rings is 2. The number of carbonyl (C=O) groups excluding carboxylic acids is 1. The molecule has 1 aliphatic rings. The highest BCUT2D eigenvalue weighted by Gasteiger charge is 2.21. The molecule has 0 spiro atoms. The maximum atomic E-state index is 13.7. The van der Waals surface area contributed by atoms with Crippen LogP contribution in [0.25, 0.3) is 22.0 Å². The molecule has 2 N–H and O–H groups in total. The molecule has 1 fully saturated rings. The van der Waals surface area contributed by atoms with Crippen LogP contribution >= 0.6 is 0 Å². The molecule has 4 heterocycles. The number of aromatic amines is 1. The van der Waals surface area contributed by atoms with Crippen LogP contribution in [0.15, 0.2) is 47.5 Å². The zero-order valence-corrected chi connectivity index (χ0v) is 24.5. The fourth-order valence-corrected chi connectivity index (χ4v) is 5.64. The lowest BCUT2D eigenvalue weighted by atomic mass is 9.98. The van der Waals surface area contributed by atoms with E-state index in [1.54, 1.807) is 0 Å². The van der Waals surface area contributed by atoms with Gasteiger partial charge in [0.1, 0.15) is 5.82 Å². The number of amides is 1. The SMILES string of the molecule is CCC(C)n1cc(C)c2c(C(=O)NCc3c(C)cc(C)[nH]c3=O)cc(-c3ccc(N4CCN(C)CC4)nc3)cc21. The summed E-state index contributed by atoms with van der Waals surface area (Å²) >= 11 is 0. The fourth-order valence-electron chi connectivity index (χ4n) is 5.64. The summed E-state index contributed by atoms with van der Waals surface area (Å²) in [6.07, 6.45) is 5.03. The summed E-state index contributed by atoms with van der Waals surface area (Å²) in [5.74, 6) is 0.784.